The standard InChI is InChI=1S/C17H19ClO3/c1-19-15-8-6-13(7-9-15)10-11-21-17-14(12-18)4-3-5-16(17)20-2/h3-9H,10-12H2,1-2H3. The lowest BCUT2D eigenvalue weighted by atomic mass is 10.1. The Morgan fingerprint density at radius 2 is 1.71 bits per heavy atom. The molecule has 112 valence electrons. The molecule has 0 spiro atoms. The van der Waals surface area contributed by atoms with Gasteiger partial charge in [0, 0.05) is 12.0 Å². The van der Waals surface area contributed by atoms with E-state index in [9.17, 15) is 0 Å². The summed E-state index contributed by atoms with van der Waals surface area (Å²) >= 11 is 5.94. The summed E-state index contributed by atoms with van der Waals surface area (Å²) in [4.78, 5) is 0. The molecule has 0 saturated carbocycles. The highest BCUT2D eigenvalue weighted by Crippen LogP contribution is 2.32. The van der Waals surface area contributed by atoms with Crippen LogP contribution in [-0.4, -0.2) is 20.8 Å². The predicted molar refractivity (Wildman–Crippen MR) is 84.7 cm³/mol. The number of halogens is 1. The molecule has 0 unspecified atom stereocenters. The Kier molecular flexibility index (Phi) is 5.76. The number of para-hydroxylation sites is 1. The lowest BCUT2D eigenvalue weighted by Crippen LogP contribution is -2.04. The number of rotatable bonds is 7. The number of alkyl halides is 1. The van der Waals surface area contributed by atoms with Gasteiger partial charge in [-0.3, -0.25) is 0 Å². The molecule has 0 aliphatic rings. The molecule has 2 aromatic carbocycles. The predicted octanol–water partition coefficient (Wildman–Crippen LogP) is 4.06. The van der Waals surface area contributed by atoms with Gasteiger partial charge in [-0.15, -0.1) is 11.6 Å². The molecule has 2 rings (SSSR count). The van der Waals surface area contributed by atoms with Gasteiger partial charge in [0.15, 0.2) is 11.5 Å². The van der Waals surface area contributed by atoms with Crippen LogP contribution in [0.3, 0.4) is 0 Å². The van der Waals surface area contributed by atoms with Gasteiger partial charge in [0.25, 0.3) is 0 Å². The summed E-state index contributed by atoms with van der Waals surface area (Å²) in [6, 6.07) is 13.7. The molecule has 0 amide bonds. The number of methoxy groups -OCH3 is 2. The molecule has 0 saturated heterocycles. The quantitative estimate of drug-likeness (QED) is 0.722. The van der Waals surface area contributed by atoms with Crippen molar-refractivity contribution >= 4 is 11.6 Å². The van der Waals surface area contributed by atoms with E-state index in [2.05, 4.69) is 0 Å². The number of ether oxygens (including phenoxy) is 3. The molecule has 2 aromatic rings. The van der Waals surface area contributed by atoms with Gasteiger partial charge in [-0.1, -0.05) is 24.3 Å². The Hall–Kier alpha value is -1.87. The Balaban J connectivity index is 1.99. The van der Waals surface area contributed by atoms with Gasteiger partial charge in [-0.05, 0) is 23.8 Å². The molecule has 0 bridgehead atoms. The number of hydrogen-bond acceptors (Lipinski definition) is 3. The third-order valence-electron chi connectivity index (χ3n) is 3.22. The maximum absolute atomic E-state index is 5.94. The van der Waals surface area contributed by atoms with Crippen LogP contribution in [0.15, 0.2) is 42.5 Å². The maximum Gasteiger partial charge on any atom is 0.165 e. The molecular formula is C17H19ClO3. The van der Waals surface area contributed by atoms with E-state index in [1.165, 1.54) is 5.56 Å². The molecule has 0 aliphatic heterocycles. The van der Waals surface area contributed by atoms with Crippen molar-refractivity contribution in [2.75, 3.05) is 20.8 Å². The van der Waals surface area contributed by atoms with Gasteiger partial charge in [0.05, 0.1) is 26.7 Å². The second-order valence-corrected chi connectivity index (χ2v) is 4.80. The molecule has 3 nitrogen and oxygen atoms in total. The van der Waals surface area contributed by atoms with E-state index < -0.39 is 0 Å². The van der Waals surface area contributed by atoms with Crippen LogP contribution in [0, 0.1) is 0 Å². The molecule has 21 heavy (non-hydrogen) atoms. The molecule has 0 atom stereocenters. The van der Waals surface area contributed by atoms with Gasteiger partial charge in [0.1, 0.15) is 5.75 Å². The van der Waals surface area contributed by atoms with E-state index in [0.29, 0.717) is 18.2 Å². The Bertz CT molecular complexity index is 544. The van der Waals surface area contributed by atoms with Gasteiger partial charge in [-0.25, -0.2) is 0 Å². The van der Waals surface area contributed by atoms with Gasteiger partial charge in [-0.2, -0.15) is 0 Å². The van der Waals surface area contributed by atoms with Crippen LogP contribution in [-0.2, 0) is 12.3 Å². The van der Waals surface area contributed by atoms with Gasteiger partial charge in [0.2, 0.25) is 0 Å². The van der Waals surface area contributed by atoms with Crippen molar-refractivity contribution in [1.82, 2.24) is 0 Å². The Labute approximate surface area is 130 Å². The van der Waals surface area contributed by atoms with Crippen LogP contribution in [0.1, 0.15) is 11.1 Å². The zero-order valence-electron chi connectivity index (χ0n) is 12.3. The topological polar surface area (TPSA) is 27.7 Å². The largest absolute Gasteiger partial charge is 0.497 e. The van der Waals surface area contributed by atoms with Crippen LogP contribution in [0.5, 0.6) is 17.2 Å². The van der Waals surface area contributed by atoms with E-state index in [1.807, 2.05) is 42.5 Å². The minimum Gasteiger partial charge on any atom is -0.497 e. The summed E-state index contributed by atoms with van der Waals surface area (Å²) in [5.41, 5.74) is 2.13. The molecular weight excluding hydrogens is 288 g/mol. The highest BCUT2D eigenvalue weighted by Gasteiger charge is 2.09. The molecule has 0 heterocycles. The molecule has 0 fully saturated rings. The monoisotopic (exact) mass is 306 g/mol. The third kappa shape index (κ3) is 4.05. The molecule has 0 radical (unpaired) electrons. The lowest BCUT2D eigenvalue weighted by Gasteiger charge is -2.14. The summed E-state index contributed by atoms with van der Waals surface area (Å²) in [6.45, 7) is 0.566. The average molecular weight is 307 g/mol. The zero-order valence-corrected chi connectivity index (χ0v) is 13.0. The van der Waals surface area contributed by atoms with E-state index >= 15 is 0 Å². The third-order valence-corrected chi connectivity index (χ3v) is 3.51. The van der Waals surface area contributed by atoms with Crippen LogP contribution in [0.4, 0.5) is 0 Å². The summed E-state index contributed by atoms with van der Waals surface area (Å²) in [7, 11) is 3.29. The summed E-state index contributed by atoms with van der Waals surface area (Å²) in [5, 5.41) is 0. The number of benzene rings is 2. The molecule has 0 aliphatic carbocycles. The first-order chi connectivity index (χ1) is 10.3. The first-order valence-corrected chi connectivity index (χ1v) is 7.29. The second-order valence-electron chi connectivity index (χ2n) is 4.53. The molecule has 0 N–H and O–H groups in total. The van der Waals surface area contributed by atoms with Crippen molar-refractivity contribution in [1.29, 1.82) is 0 Å². The van der Waals surface area contributed by atoms with E-state index in [0.717, 1.165) is 23.5 Å². The summed E-state index contributed by atoms with van der Waals surface area (Å²) in [6.07, 6.45) is 0.809. The fraction of sp³-hybridized carbons (Fsp3) is 0.294. The van der Waals surface area contributed by atoms with Crippen LogP contribution < -0.4 is 14.2 Å². The van der Waals surface area contributed by atoms with Crippen molar-refractivity contribution in [3.8, 4) is 17.2 Å². The zero-order chi connectivity index (χ0) is 15.1. The van der Waals surface area contributed by atoms with Crippen molar-refractivity contribution in [2.45, 2.75) is 12.3 Å². The smallest absolute Gasteiger partial charge is 0.165 e. The summed E-state index contributed by atoms with van der Waals surface area (Å²) in [5.74, 6) is 2.69. The minimum absolute atomic E-state index is 0.398. The first-order valence-electron chi connectivity index (χ1n) is 6.76. The first kappa shape index (κ1) is 15.5. The molecule has 4 heteroatoms. The van der Waals surface area contributed by atoms with Crippen LogP contribution in [0.25, 0.3) is 0 Å². The van der Waals surface area contributed by atoms with Gasteiger partial charge < -0.3 is 14.2 Å². The fourth-order valence-electron chi connectivity index (χ4n) is 2.05. The number of hydrogen-bond donors (Lipinski definition) is 0. The highest BCUT2D eigenvalue weighted by molar-refractivity contribution is 6.17. The van der Waals surface area contributed by atoms with Crippen molar-refractivity contribution < 1.29 is 14.2 Å². The average Bonchev–Trinajstić information content (AvgIpc) is 2.55. The van der Waals surface area contributed by atoms with E-state index in [4.69, 9.17) is 25.8 Å². The van der Waals surface area contributed by atoms with E-state index in [-0.39, 0.29) is 0 Å². The SMILES string of the molecule is COc1ccc(CCOc2c(CCl)cccc2OC)cc1. The fourth-order valence-corrected chi connectivity index (χ4v) is 2.26. The van der Waals surface area contributed by atoms with Crippen molar-refractivity contribution in [3.05, 3.63) is 53.6 Å². The lowest BCUT2D eigenvalue weighted by molar-refractivity contribution is 0.295. The Morgan fingerprint density at radius 3 is 2.33 bits per heavy atom. The Morgan fingerprint density at radius 1 is 0.952 bits per heavy atom. The van der Waals surface area contributed by atoms with Crippen molar-refractivity contribution in [3.63, 3.8) is 0 Å². The molecule has 0 aromatic heterocycles. The summed E-state index contributed by atoms with van der Waals surface area (Å²) < 4.78 is 16.3. The normalized spacial score (nSPS) is 10.2. The van der Waals surface area contributed by atoms with Crippen LogP contribution in [0.2, 0.25) is 0 Å². The van der Waals surface area contributed by atoms with Crippen molar-refractivity contribution in [2.24, 2.45) is 0 Å². The van der Waals surface area contributed by atoms with E-state index in [1.54, 1.807) is 14.2 Å². The second kappa shape index (κ2) is 7.79. The van der Waals surface area contributed by atoms with Gasteiger partial charge >= 0.3 is 0 Å². The highest BCUT2D eigenvalue weighted by atomic mass is 35.5. The minimum atomic E-state index is 0.398. The maximum atomic E-state index is 5.94. The van der Waals surface area contributed by atoms with Crippen LogP contribution >= 0.6 is 11.6 Å².